The molecule has 0 aromatic heterocycles. The minimum absolute atomic E-state index is 0.0781. The van der Waals surface area contributed by atoms with Crippen LogP contribution in [0.4, 0.5) is 4.79 Å². The molecule has 2 fully saturated rings. The van der Waals surface area contributed by atoms with E-state index in [1.807, 2.05) is 6.92 Å². The molecule has 0 bridgehead atoms. The van der Waals surface area contributed by atoms with Crippen LogP contribution >= 0.6 is 0 Å². The summed E-state index contributed by atoms with van der Waals surface area (Å²) in [6, 6.07) is -0.129. The van der Waals surface area contributed by atoms with E-state index < -0.39 is 5.97 Å². The number of urea groups is 1. The first-order valence-electron chi connectivity index (χ1n) is 7.35. The van der Waals surface area contributed by atoms with Crippen molar-refractivity contribution < 1.29 is 19.4 Å². The van der Waals surface area contributed by atoms with Gasteiger partial charge >= 0.3 is 12.0 Å². The summed E-state index contributed by atoms with van der Waals surface area (Å²) in [5.41, 5.74) is -0.233. The molecule has 3 N–H and O–H groups in total. The summed E-state index contributed by atoms with van der Waals surface area (Å²) in [5, 5.41) is 14.7. The second kappa shape index (κ2) is 6.43. The van der Waals surface area contributed by atoms with Crippen LogP contribution in [0.3, 0.4) is 0 Å². The Morgan fingerprint density at radius 2 is 2.20 bits per heavy atom. The van der Waals surface area contributed by atoms with E-state index in [9.17, 15) is 9.59 Å². The number of amides is 2. The molecule has 0 radical (unpaired) electrons. The Morgan fingerprint density at radius 1 is 1.45 bits per heavy atom. The van der Waals surface area contributed by atoms with Gasteiger partial charge in [-0.1, -0.05) is 6.42 Å². The van der Waals surface area contributed by atoms with Crippen LogP contribution in [0.2, 0.25) is 0 Å². The third kappa shape index (κ3) is 3.85. The summed E-state index contributed by atoms with van der Waals surface area (Å²) in [5.74, 6) is -0.416. The summed E-state index contributed by atoms with van der Waals surface area (Å²) >= 11 is 0. The normalized spacial score (nSPS) is 25.6. The number of carboxylic acids is 1. The maximum absolute atomic E-state index is 11.9. The topological polar surface area (TPSA) is 87.7 Å². The molecule has 0 aromatic carbocycles. The van der Waals surface area contributed by atoms with Crippen LogP contribution in [-0.2, 0) is 9.53 Å². The number of rotatable bonds is 6. The van der Waals surface area contributed by atoms with Crippen LogP contribution < -0.4 is 10.6 Å². The Kier molecular flexibility index (Phi) is 4.86. The average Bonchev–Trinajstić information content (AvgIpc) is 2.85. The zero-order valence-electron chi connectivity index (χ0n) is 12.0. The van der Waals surface area contributed by atoms with Gasteiger partial charge in [0, 0.05) is 25.1 Å². The highest BCUT2D eigenvalue weighted by Crippen LogP contribution is 2.43. The van der Waals surface area contributed by atoms with Gasteiger partial charge in [0.15, 0.2) is 0 Å². The number of carbonyl (C=O) groups is 2. The van der Waals surface area contributed by atoms with Crippen LogP contribution in [0.15, 0.2) is 0 Å². The van der Waals surface area contributed by atoms with Gasteiger partial charge in [0.05, 0.1) is 13.0 Å². The van der Waals surface area contributed by atoms with E-state index in [2.05, 4.69) is 10.6 Å². The second-order valence-corrected chi connectivity index (χ2v) is 6.16. The molecule has 1 heterocycles. The summed E-state index contributed by atoms with van der Waals surface area (Å²) in [6.07, 6.45) is 3.92. The number of hydrogen-bond acceptors (Lipinski definition) is 3. The first-order chi connectivity index (χ1) is 9.51. The van der Waals surface area contributed by atoms with Crippen molar-refractivity contribution in [1.29, 1.82) is 0 Å². The zero-order chi connectivity index (χ0) is 14.6. The van der Waals surface area contributed by atoms with Gasteiger partial charge in [-0.25, -0.2) is 4.79 Å². The maximum atomic E-state index is 11.9. The summed E-state index contributed by atoms with van der Waals surface area (Å²) in [6.45, 7) is 3.89. The molecule has 1 saturated carbocycles. The fourth-order valence-corrected chi connectivity index (χ4v) is 3.00. The molecule has 6 heteroatoms. The Morgan fingerprint density at radius 3 is 2.70 bits per heavy atom. The molecule has 2 amide bonds. The fourth-order valence-electron chi connectivity index (χ4n) is 3.00. The number of carboxylic acid groups (broad SMARTS) is 1. The molecular weight excluding hydrogens is 260 g/mol. The van der Waals surface area contributed by atoms with Gasteiger partial charge in [-0.2, -0.15) is 0 Å². The van der Waals surface area contributed by atoms with Gasteiger partial charge < -0.3 is 20.5 Å². The van der Waals surface area contributed by atoms with E-state index in [4.69, 9.17) is 9.84 Å². The molecular formula is C14H24N2O4. The zero-order valence-corrected chi connectivity index (χ0v) is 12.0. The first-order valence-corrected chi connectivity index (χ1v) is 7.35. The number of aliphatic carboxylic acids is 1. The molecule has 20 heavy (non-hydrogen) atoms. The predicted octanol–water partition coefficient (Wildman–Crippen LogP) is 1.36. The summed E-state index contributed by atoms with van der Waals surface area (Å²) in [4.78, 5) is 22.7. The van der Waals surface area contributed by atoms with Crippen molar-refractivity contribution in [3.05, 3.63) is 0 Å². The van der Waals surface area contributed by atoms with Crippen molar-refractivity contribution >= 4 is 12.0 Å². The minimum atomic E-state index is -0.789. The molecule has 2 unspecified atom stereocenters. The SMILES string of the molecule is CC(NC(=O)NCC1(CC(=O)O)CCC1)C1CCOC1. The Hall–Kier alpha value is -1.30. The average molecular weight is 284 g/mol. The minimum Gasteiger partial charge on any atom is -0.481 e. The third-order valence-corrected chi connectivity index (χ3v) is 4.60. The molecule has 114 valence electrons. The molecule has 6 nitrogen and oxygen atoms in total. The van der Waals surface area contributed by atoms with Crippen LogP contribution in [0.1, 0.15) is 39.0 Å². The molecule has 1 aliphatic heterocycles. The third-order valence-electron chi connectivity index (χ3n) is 4.60. The predicted molar refractivity (Wildman–Crippen MR) is 73.5 cm³/mol. The molecule has 1 saturated heterocycles. The van der Waals surface area contributed by atoms with Crippen molar-refractivity contribution in [2.75, 3.05) is 19.8 Å². The molecule has 0 spiro atoms. The van der Waals surface area contributed by atoms with Gasteiger partial charge in [0.2, 0.25) is 0 Å². The molecule has 2 aliphatic rings. The Labute approximate surface area is 119 Å². The van der Waals surface area contributed by atoms with E-state index in [1.165, 1.54) is 0 Å². The van der Waals surface area contributed by atoms with Crippen molar-refractivity contribution in [2.24, 2.45) is 11.3 Å². The Balaban J connectivity index is 1.72. The lowest BCUT2D eigenvalue weighted by atomic mass is 9.66. The van der Waals surface area contributed by atoms with E-state index >= 15 is 0 Å². The number of hydrogen-bond donors (Lipinski definition) is 3. The highest BCUT2D eigenvalue weighted by Gasteiger charge is 2.39. The smallest absolute Gasteiger partial charge is 0.315 e. The molecule has 2 rings (SSSR count). The largest absolute Gasteiger partial charge is 0.481 e. The number of nitrogens with one attached hydrogen (secondary N) is 2. The second-order valence-electron chi connectivity index (χ2n) is 6.16. The lowest BCUT2D eigenvalue weighted by Crippen LogP contribution is -2.49. The van der Waals surface area contributed by atoms with Crippen LogP contribution in [0.5, 0.6) is 0 Å². The van der Waals surface area contributed by atoms with Gasteiger partial charge in [-0.3, -0.25) is 4.79 Å². The Bertz CT molecular complexity index is 362. The highest BCUT2D eigenvalue weighted by atomic mass is 16.5. The fraction of sp³-hybridized carbons (Fsp3) is 0.857. The lowest BCUT2D eigenvalue weighted by Gasteiger charge is -2.40. The standard InChI is InChI=1S/C14H24N2O4/c1-10(11-3-6-20-8-11)16-13(19)15-9-14(4-2-5-14)7-12(17)18/h10-11H,2-9H2,1H3,(H,17,18)(H2,15,16,19). The van der Waals surface area contributed by atoms with E-state index in [0.29, 0.717) is 19.1 Å². The monoisotopic (exact) mass is 284 g/mol. The molecule has 1 aliphatic carbocycles. The van der Waals surface area contributed by atoms with Crippen molar-refractivity contribution in [2.45, 2.75) is 45.1 Å². The van der Waals surface area contributed by atoms with Crippen LogP contribution in [0, 0.1) is 11.3 Å². The quantitative estimate of drug-likeness (QED) is 0.687. The summed E-state index contributed by atoms with van der Waals surface area (Å²) < 4.78 is 5.31. The van der Waals surface area contributed by atoms with E-state index in [-0.39, 0.29) is 23.9 Å². The number of carbonyl (C=O) groups excluding carboxylic acids is 1. The van der Waals surface area contributed by atoms with E-state index in [0.717, 1.165) is 32.3 Å². The van der Waals surface area contributed by atoms with Crippen LogP contribution in [-0.4, -0.2) is 42.9 Å². The van der Waals surface area contributed by atoms with Crippen molar-refractivity contribution in [3.63, 3.8) is 0 Å². The lowest BCUT2D eigenvalue weighted by molar-refractivity contribution is -0.141. The van der Waals surface area contributed by atoms with Gasteiger partial charge in [0.1, 0.15) is 0 Å². The highest BCUT2D eigenvalue weighted by molar-refractivity contribution is 5.74. The van der Waals surface area contributed by atoms with Crippen LogP contribution in [0.25, 0.3) is 0 Å². The van der Waals surface area contributed by atoms with E-state index in [1.54, 1.807) is 0 Å². The van der Waals surface area contributed by atoms with Gasteiger partial charge in [0.25, 0.3) is 0 Å². The maximum Gasteiger partial charge on any atom is 0.315 e. The summed E-state index contributed by atoms with van der Waals surface area (Å²) in [7, 11) is 0. The van der Waals surface area contributed by atoms with Crippen molar-refractivity contribution in [1.82, 2.24) is 10.6 Å². The first kappa shape index (κ1) is 15.1. The van der Waals surface area contributed by atoms with Crippen molar-refractivity contribution in [3.8, 4) is 0 Å². The number of ether oxygens (including phenoxy) is 1. The molecule has 2 atom stereocenters. The van der Waals surface area contributed by atoms with Gasteiger partial charge in [-0.15, -0.1) is 0 Å². The molecule has 0 aromatic rings. The van der Waals surface area contributed by atoms with Gasteiger partial charge in [-0.05, 0) is 31.6 Å².